The molecule has 7 nitrogen and oxygen atoms in total. The molecule has 3 rings (SSSR count). The summed E-state index contributed by atoms with van der Waals surface area (Å²) < 4.78 is 27.0. The van der Waals surface area contributed by atoms with Gasteiger partial charge in [0.05, 0.1) is 22.7 Å². The minimum Gasteiger partial charge on any atom is -0.292 e. The topological polar surface area (TPSA) is 82.1 Å². The van der Waals surface area contributed by atoms with E-state index in [1.165, 1.54) is 10.5 Å². The lowest BCUT2D eigenvalue weighted by Crippen LogP contribution is -2.50. The third-order valence-corrected chi connectivity index (χ3v) is 6.96. The lowest BCUT2D eigenvalue weighted by molar-refractivity contribution is -0.122. The molecule has 1 aliphatic heterocycles. The van der Waals surface area contributed by atoms with Crippen LogP contribution in [-0.2, 0) is 14.8 Å². The normalized spacial score (nSPS) is 16.5. The summed E-state index contributed by atoms with van der Waals surface area (Å²) in [6.45, 7) is 3.65. The van der Waals surface area contributed by atoms with Crippen molar-refractivity contribution in [3.05, 3.63) is 70.8 Å². The van der Waals surface area contributed by atoms with Crippen molar-refractivity contribution in [1.29, 1.82) is 0 Å². The summed E-state index contributed by atoms with van der Waals surface area (Å²) in [5, 5.41) is 4.27. The van der Waals surface area contributed by atoms with E-state index in [2.05, 4.69) is 10.5 Å². The minimum atomic E-state index is -3.52. The van der Waals surface area contributed by atoms with Crippen molar-refractivity contribution in [3.63, 3.8) is 0 Å². The summed E-state index contributed by atoms with van der Waals surface area (Å²) in [6, 6.07) is 16.4. The average Bonchev–Trinajstić information content (AvgIpc) is 2.75. The number of piperazine rings is 1. The number of amides is 1. The molecule has 1 heterocycles. The van der Waals surface area contributed by atoms with Gasteiger partial charge in [-0.25, -0.2) is 13.8 Å². The Morgan fingerprint density at radius 2 is 1.71 bits per heavy atom. The van der Waals surface area contributed by atoms with Gasteiger partial charge in [-0.05, 0) is 30.7 Å². The molecule has 2 aromatic rings. The van der Waals surface area contributed by atoms with E-state index in [1.807, 2.05) is 42.2 Å². The first-order valence-corrected chi connectivity index (χ1v) is 11.7. The Labute approximate surface area is 188 Å². The van der Waals surface area contributed by atoms with Gasteiger partial charge in [0.15, 0.2) is 0 Å². The van der Waals surface area contributed by atoms with E-state index in [0.717, 1.165) is 11.1 Å². The van der Waals surface area contributed by atoms with Crippen molar-refractivity contribution in [1.82, 2.24) is 14.6 Å². The van der Waals surface area contributed by atoms with Crippen molar-refractivity contribution in [3.8, 4) is 0 Å². The second-order valence-electron chi connectivity index (χ2n) is 7.23. The molecule has 1 N–H and O–H groups in total. The van der Waals surface area contributed by atoms with Crippen LogP contribution in [0, 0.1) is 6.92 Å². The average molecular weight is 461 g/mol. The van der Waals surface area contributed by atoms with Crippen LogP contribution in [-0.4, -0.2) is 62.5 Å². The van der Waals surface area contributed by atoms with E-state index >= 15 is 0 Å². The predicted octanol–water partition coefficient (Wildman–Crippen LogP) is 2.68. The van der Waals surface area contributed by atoms with Crippen LogP contribution in [0.4, 0.5) is 0 Å². The van der Waals surface area contributed by atoms with Crippen LogP contribution in [0.5, 0.6) is 0 Å². The molecule has 164 valence electrons. The number of allylic oxidation sites excluding steroid dienone is 1. The molecule has 0 aromatic heterocycles. The zero-order valence-corrected chi connectivity index (χ0v) is 18.8. The molecule has 0 spiro atoms. The molecule has 0 atom stereocenters. The third-order valence-electron chi connectivity index (χ3n) is 4.84. The van der Waals surface area contributed by atoms with Crippen LogP contribution in [0.25, 0.3) is 6.08 Å². The summed E-state index contributed by atoms with van der Waals surface area (Å²) in [5.74, 6) is -0.282. The molecule has 0 unspecified atom stereocenters. The summed E-state index contributed by atoms with van der Waals surface area (Å²) in [4.78, 5) is 14.3. The number of carbonyl (C=O) groups excluding carboxylic acids is 1. The fraction of sp³-hybridized carbons (Fsp3) is 0.273. The molecule has 2 aromatic carbocycles. The molecule has 1 fully saturated rings. The van der Waals surface area contributed by atoms with E-state index in [0.29, 0.717) is 36.1 Å². The maximum Gasteiger partial charge on any atom is 0.254 e. The maximum absolute atomic E-state index is 12.8. The molecule has 0 saturated carbocycles. The Morgan fingerprint density at radius 3 is 2.35 bits per heavy atom. The second kappa shape index (κ2) is 10.7. The zero-order valence-electron chi connectivity index (χ0n) is 17.2. The fourth-order valence-electron chi connectivity index (χ4n) is 3.14. The highest BCUT2D eigenvalue weighted by atomic mass is 35.5. The molecular weight excluding hydrogens is 436 g/mol. The van der Waals surface area contributed by atoms with Crippen LogP contribution < -0.4 is 5.43 Å². The van der Waals surface area contributed by atoms with Gasteiger partial charge in [0.25, 0.3) is 5.91 Å². The van der Waals surface area contributed by atoms with Gasteiger partial charge in [-0.3, -0.25) is 9.69 Å². The van der Waals surface area contributed by atoms with Crippen molar-refractivity contribution in [2.24, 2.45) is 5.10 Å². The molecule has 9 heteroatoms. The van der Waals surface area contributed by atoms with Crippen LogP contribution in [0.15, 0.2) is 69.6 Å². The van der Waals surface area contributed by atoms with Gasteiger partial charge in [-0.1, -0.05) is 59.6 Å². The van der Waals surface area contributed by atoms with Gasteiger partial charge in [-0.15, -0.1) is 0 Å². The van der Waals surface area contributed by atoms with E-state index < -0.39 is 10.0 Å². The van der Waals surface area contributed by atoms with E-state index in [1.54, 1.807) is 30.3 Å². The minimum absolute atomic E-state index is 0.135. The summed E-state index contributed by atoms with van der Waals surface area (Å²) in [5.41, 5.74) is 4.39. The Hall–Kier alpha value is -2.52. The Balaban J connectivity index is 1.45. The molecule has 31 heavy (non-hydrogen) atoms. The number of hydrazone groups is 1. The number of carbonyl (C=O) groups is 1. The van der Waals surface area contributed by atoms with Gasteiger partial charge < -0.3 is 0 Å². The standard InChI is InChI=1S/C22H25ClN4O3S/c1-18-7-9-21(10-8-18)31(29,30)27-13-11-26(12-14-27)17-22(28)25-24-16-20(23)15-19-5-3-2-4-6-19/h2-10,15-16H,11-14,17H2,1H3,(H,25,28)/b20-15-,24-16+. The number of hydrogen-bond acceptors (Lipinski definition) is 5. The molecule has 0 aliphatic carbocycles. The predicted molar refractivity (Wildman–Crippen MR) is 123 cm³/mol. The molecule has 1 saturated heterocycles. The van der Waals surface area contributed by atoms with Crippen molar-refractivity contribution >= 4 is 39.8 Å². The van der Waals surface area contributed by atoms with Gasteiger partial charge >= 0.3 is 0 Å². The number of sulfonamides is 1. The first-order chi connectivity index (χ1) is 14.8. The van der Waals surface area contributed by atoms with Crippen LogP contribution >= 0.6 is 11.6 Å². The Kier molecular flexibility index (Phi) is 7.97. The van der Waals surface area contributed by atoms with Crippen molar-refractivity contribution in [2.75, 3.05) is 32.7 Å². The highest BCUT2D eigenvalue weighted by molar-refractivity contribution is 7.89. The summed E-state index contributed by atoms with van der Waals surface area (Å²) >= 11 is 6.10. The molecule has 1 amide bonds. The summed E-state index contributed by atoms with van der Waals surface area (Å²) in [6.07, 6.45) is 3.11. The Bertz CT molecular complexity index is 1050. The number of aryl methyl sites for hydroxylation is 1. The highest BCUT2D eigenvalue weighted by Crippen LogP contribution is 2.18. The Morgan fingerprint density at radius 1 is 1.06 bits per heavy atom. The van der Waals surface area contributed by atoms with Crippen LogP contribution in [0.1, 0.15) is 11.1 Å². The summed E-state index contributed by atoms with van der Waals surface area (Å²) in [7, 11) is -3.52. The molecule has 0 radical (unpaired) electrons. The third kappa shape index (κ3) is 6.73. The highest BCUT2D eigenvalue weighted by Gasteiger charge is 2.28. The SMILES string of the molecule is Cc1ccc(S(=O)(=O)N2CCN(CC(=O)N/N=C/C(Cl)=C/c3ccccc3)CC2)cc1. The van der Waals surface area contributed by atoms with Gasteiger partial charge in [-0.2, -0.15) is 9.41 Å². The number of rotatable bonds is 7. The first kappa shape index (κ1) is 23.1. The number of hydrogen-bond donors (Lipinski definition) is 1. The van der Waals surface area contributed by atoms with Gasteiger partial charge in [0, 0.05) is 26.2 Å². The van der Waals surface area contributed by atoms with E-state index in [-0.39, 0.29) is 12.5 Å². The maximum atomic E-state index is 12.8. The van der Waals surface area contributed by atoms with Crippen LogP contribution in [0.2, 0.25) is 0 Å². The number of halogens is 1. The first-order valence-electron chi connectivity index (χ1n) is 9.88. The molecule has 0 bridgehead atoms. The number of nitrogens with zero attached hydrogens (tertiary/aromatic N) is 3. The smallest absolute Gasteiger partial charge is 0.254 e. The van der Waals surface area contributed by atoms with Gasteiger partial charge in [0.1, 0.15) is 0 Å². The van der Waals surface area contributed by atoms with Gasteiger partial charge in [0.2, 0.25) is 10.0 Å². The van der Waals surface area contributed by atoms with Crippen molar-refractivity contribution < 1.29 is 13.2 Å². The van der Waals surface area contributed by atoms with E-state index in [9.17, 15) is 13.2 Å². The second-order valence-corrected chi connectivity index (χ2v) is 9.60. The molecular formula is C22H25ClN4O3S. The quantitative estimate of drug-likeness (QED) is 0.508. The van der Waals surface area contributed by atoms with Crippen LogP contribution in [0.3, 0.4) is 0 Å². The van der Waals surface area contributed by atoms with Crippen molar-refractivity contribution in [2.45, 2.75) is 11.8 Å². The fourth-order valence-corrected chi connectivity index (χ4v) is 4.73. The van der Waals surface area contributed by atoms with E-state index in [4.69, 9.17) is 11.6 Å². The lowest BCUT2D eigenvalue weighted by Gasteiger charge is -2.33. The number of nitrogens with one attached hydrogen (secondary N) is 1. The zero-order chi connectivity index (χ0) is 22.3. The number of benzene rings is 2. The molecule has 1 aliphatic rings. The largest absolute Gasteiger partial charge is 0.292 e. The lowest BCUT2D eigenvalue weighted by atomic mass is 10.2. The monoisotopic (exact) mass is 460 g/mol.